The number of halogens is 1. The van der Waals surface area contributed by atoms with Gasteiger partial charge in [0.05, 0.1) is 17.9 Å². The Hall–Kier alpha value is -1.14. The van der Waals surface area contributed by atoms with E-state index in [0.717, 1.165) is 24.6 Å². The largest absolute Gasteiger partial charge is 0.465 e. The first kappa shape index (κ1) is 14.3. The average molecular weight is 301 g/mol. The number of Topliss-reactive ketones (excluding diaryl/α,β-unsaturated/α-hetero) is 1. The number of rotatable bonds is 6. The summed E-state index contributed by atoms with van der Waals surface area (Å²) in [6, 6.07) is 0. The third-order valence-electron chi connectivity index (χ3n) is 2.59. The second-order valence-corrected chi connectivity index (χ2v) is 5.40. The minimum Gasteiger partial charge on any atom is -0.465 e. The van der Waals surface area contributed by atoms with Crippen molar-refractivity contribution in [3.05, 3.63) is 17.0 Å². The first-order chi connectivity index (χ1) is 9.13. The van der Waals surface area contributed by atoms with Gasteiger partial charge in [-0.25, -0.2) is 9.97 Å². The molecule has 1 heterocycles. The summed E-state index contributed by atoms with van der Waals surface area (Å²) in [6.45, 7) is 2.07. The highest BCUT2D eigenvalue weighted by Crippen LogP contribution is 2.36. The lowest BCUT2D eigenvalue weighted by molar-refractivity contribution is -0.139. The van der Waals surface area contributed by atoms with Crippen LogP contribution >= 0.6 is 23.4 Å². The van der Waals surface area contributed by atoms with Crippen molar-refractivity contribution in [2.75, 3.05) is 12.4 Å². The average Bonchev–Trinajstić information content (AvgIpc) is 3.20. The van der Waals surface area contributed by atoms with Crippen molar-refractivity contribution < 1.29 is 14.3 Å². The molecule has 2 rings (SSSR count). The highest BCUT2D eigenvalue weighted by Gasteiger charge is 2.34. The van der Waals surface area contributed by atoms with Gasteiger partial charge in [-0.1, -0.05) is 23.4 Å². The summed E-state index contributed by atoms with van der Waals surface area (Å²) in [5.41, 5.74) is 0.334. The zero-order chi connectivity index (χ0) is 13.8. The van der Waals surface area contributed by atoms with Crippen LogP contribution in [0.1, 0.15) is 30.1 Å². The molecule has 0 saturated heterocycles. The van der Waals surface area contributed by atoms with Gasteiger partial charge in [-0.3, -0.25) is 9.59 Å². The Kier molecular flexibility index (Phi) is 4.76. The van der Waals surface area contributed by atoms with Crippen LogP contribution in [0.2, 0.25) is 5.15 Å². The molecule has 0 spiro atoms. The molecule has 102 valence electrons. The SMILES string of the molecule is CCOC(=O)CSc1ncnc(Cl)c1C(=O)C1CC1. The van der Waals surface area contributed by atoms with Crippen LogP contribution in [0.4, 0.5) is 0 Å². The molecule has 0 aromatic carbocycles. The summed E-state index contributed by atoms with van der Waals surface area (Å²) < 4.78 is 4.83. The molecule has 0 aliphatic heterocycles. The van der Waals surface area contributed by atoms with E-state index in [-0.39, 0.29) is 28.6 Å². The standard InChI is InChI=1S/C12H13ClN2O3S/c1-2-18-8(16)5-19-12-9(10(17)7-3-4-7)11(13)14-6-15-12/h6-7H,2-5H2,1H3. The number of nitrogens with zero attached hydrogens (tertiary/aromatic N) is 2. The predicted molar refractivity (Wildman–Crippen MR) is 71.5 cm³/mol. The number of thioether (sulfide) groups is 1. The van der Waals surface area contributed by atoms with Gasteiger partial charge in [-0.05, 0) is 19.8 Å². The van der Waals surface area contributed by atoms with Crippen molar-refractivity contribution in [2.24, 2.45) is 5.92 Å². The summed E-state index contributed by atoms with van der Waals surface area (Å²) in [4.78, 5) is 31.3. The predicted octanol–water partition coefficient (Wildman–Crippen LogP) is 2.38. The fourth-order valence-corrected chi connectivity index (χ4v) is 2.63. The Morgan fingerprint density at radius 2 is 2.21 bits per heavy atom. The molecule has 1 aliphatic carbocycles. The molecule has 1 aromatic rings. The molecule has 5 nitrogen and oxygen atoms in total. The molecule has 1 saturated carbocycles. The molecule has 1 fully saturated rings. The van der Waals surface area contributed by atoms with Crippen LogP contribution in [0.5, 0.6) is 0 Å². The summed E-state index contributed by atoms with van der Waals surface area (Å²) in [5, 5.41) is 0.600. The number of ether oxygens (including phenoxy) is 1. The maximum absolute atomic E-state index is 12.1. The van der Waals surface area contributed by atoms with Crippen LogP contribution in [0.3, 0.4) is 0 Å². The molecule has 0 bridgehead atoms. The molecule has 0 N–H and O–H groups in total. The minimum atomic E-state index is -0.341. The number of esters is 1. The lowest BCUT2D eigenvalue weighted by atomic mass is 10.1. The Labute approximate surface area is 120 Å². The van der Waals surface area contributed by atoms with Gasteiger partial charge in [0.2, 0.25) is 0 Å². The number of hydrogen-bond acceptors (Lipinski definition) is 6. The van der Waals surface area contributed by atoms with Gasteiger partial charge in [0.1, 0.15) is 16.5 Å². The van der Waals surface area contributed by atoms with E-state index in [9.17, 15) is 9.59 Å². The molecular weight excluding hydrogens is 288 g/mol. The Bertz CT molecular complexity index is 506. The molecule has 1 aliphatic rings. The van der Waals surface area contributed by atoms with Crippen LogP contribution < -0.4 is 0 Å². The van der Waals surface area contributed by atoms with Crippen LogP contribution in [-0.4, -0.2) is 34.1 Å². The van der Waals surface area contributed by atoms with Crippen molar-refractivity contribution in [1.82, 2.24) is 9.97 Å². The first-order valence-electron chi connectivity index (χ1n) is 5.96. The zero-order valence-electron chi connectivity index (χ0n) is 10.4. The van der Waals surface area contributed by atoms with E-state index in [1.54, 1.807) is 6.92 Å². The highest BCUT2D eigenvalue weighted by molar-refractivity contribution is 8.00. The molecule has 19 heavy (non-hydrogen) atoms. The number of hydrogen-bond donors (Lipinski definition) is 0. The summed E-state index contributed by atoms with van der Waals surface area (Å²) in [7, 11) is 0. The molecule has 7 heteroatoms. The van der Waals surface area contributed by atoms with Crippen molar-refractivity contribution in [3.8, 4) is 0 Å². The minimum absolute atomic E-state index is 0.0306. The zero-order valence-corrected chi connectivity index (χ0v) is 12.0. The Morgan fingerprint density at radius 3 is 2.84 bits per heavy atom. The van der Waals surface area contributed by atoms with Crippen LogP contribution in [0.15, 0.2) is 11.4 Å². The van der Waals surface area contributed by atoms with E-state index in [4.69, 9.17) is 16.3 Å². The molecule has 0 unspecified atom stereocenters. The number of aromatic nitrogens is 2. The maximum atomic E-state index is 12.1. The third-order valence-corrected chi connectivity index (χ3v) is 3.84. The normalized spacial score (nSPS) is 14.2. The van der Waals surface area contributed by atoms with E-state index in [1.165, 1.54) is 6.33 Å². The van der Waals surface area contributed by atoms with Gasteiger partial charge < -0.3 is 4.74 Å². The van der Waals surface area contributed by atoms with Gasteiger partial charge in [0.25, 0.3) is 0 Å². The van der Waals surface area contributed by atoms with Crippen molar-refractivity contribution in [2.45, 2.75) is 24.8 Å². The van der Waals surface area contributed by atoms with Crippen LogP contribution in [0.25, 0.3) is 0 Å². The lowest BCUT2D eigenvalue weighted by Crippen LogP contribution is -2.10. The maximum Gasteiger partial charge on any atom is 0.316 e. The highest BCUT2D eigenvalue weighted by atomic mass is 35.5. The van der Waals surface area contributed by atoms with Gasteiger partial charge in [-0.2, -0.15) is 0 Å². The topological polar surface area (TPSA) is 69.2 Å². The van der Waals surface area contributed by atoms with Crippen LogP contribution in [-0.2, 0) is 9.53 Å². The van der Waals surface area contributed by atoms with Gasteiger partial charge in [0.15, 0.2) is 5.78 Å². The van der Waals surface area contributed by atoms with E-state index >= 15 is 0 Å². The van der Waals surface area contributed by atoms with E-state index in [2.05, 4.69) is 9.97 Å². The van der Waals surface area contributed by atoms with Crippen molar-refractivity contribution in [1.29, 1.82) is 0 Å². The number of carbonyl (C=O) groups excluding carboxylic acids is 2. The molecular formula is C12H13ClN2O3S. The van der Waals surface area contributed by atoms with Crippen LogP contribution in [0, 0.1) is 5.92 Å². The fourth-order valence-electron chi connectivity index (χ4n) is 1.55. The molecule has 0 atom stereocenters. The summed E-state index contributed by atoms with van der Waals surface area (Å²) in [5.74, 6) is -0.235. The quantitative estimate of drug-likeness (QED) is 0.348. The molecule has 1 aromatic heterocycles. The monoisotopic (exact) mass is 300 g/mol. The van der Waals surface area contributed by atoms with E-state index in [0.29, 0.717) is 17.2 Å². The van der Waals surface area contributed by atoms with Crippen molar-refractivity contribution >= 4 is 35.1 Å². The second kappa shape index (κ2) is 6.34. The van der Waals surface area contributed by atoms with Gasteiger partial charge in [0, 0.05) is 5.92 Å². The number of carbonyl (C=O) groups is 2. The number of ketones is 1. The molecule has 0 radical (unpaired) electrons. The Balaban J connectivity index is 2.13. The summed E-state index contributed by atoms with van der Waals surface area (Å²) in [6.07, 6.45) is 3.05. The van der Waals surface area contributed by atoms with E-state index < -0.39 is 0 Å². The lowest BCUT2D eigenvalue weighted by Gasteiger charge is -2.07. The third kappa shape index (κ3) is 3.67. The Morgan fingerprint density at radius 1 is 1.47 bits per heavy atom. The van der Waals surface area contributed by atoms with Gasteiger partial charge in [-0.15, -0.1) is 0 Å². The van der Waals surface area contributed by atoms with Crippen molar-refractivity contribution in [3.63, 3.8) is 0 Å². The van der Waals surface area contributed by atoms with E-state index in [1.807, 2.05) is 0 Å². The van der Waals surface area contributed by atoms with Gasteiger partial charge >= 0.3 is 5.97 Å². The first-order valence-corrected chi connectivity index (χ1v) is 7.33. The molecule has 0 amide bonds. The smallest absolute Gasteiger partial charge is 0.316 e. The summed E-state index contributed by atoms with van der Waals surface area (Å²) >= 11 is 7.12. The second-order valence-electron chi connectivity index (χ2n) is 4.08. The fraction of sp³-hybridized carbons (Fsp3) is 0.500.